The smallest absolute Gasteiger partial charge is 0.238 e. The molecule has 3 N–H and O–H groups in total. The summed E-state index contributed by atoms with van der Waals surface area (Å²) in [5.74, 6) is 0.168. The predicted octanol–water partition coefficient (Wildman–Crippen LogP) is 2.37. The van der Waals surface area contributed by atoms with Gasteiger partial charge in [0.25, 0.3) is 0 Å². The van der Waals surface area contributed by atoms with E-state index < -0.39 is 10.0 Å². The molecule has 2 aromatic rings. The largest absolute Gasteiger partial charge is 0.497 e. The average Bonchev–Trinajstić information content (AvgIpc) is 2.52. The molecule has 1 heterocycles. The van der Waals surface area contributed by atoms with Gasteiger partial charge < -0.3 is 10.5 Å². The minimum Gasteiger partial charge on any atom is -0.497 e. The highest BCUT2D eigenvalue weighted by molar-refractivity contribution is 7.92. The number of allylic oxidation sites excluding steroid dienone is 2. The quantitative estimate of drug-likeness (QED) is 0.625. The van der Waals surface area contributed by atoms with E-state index in [1.165, 1.54) is 13.2 Å². The highest BCUT2D eigenvalue weighted by atomic mass is 32.2. The first kappa shape index (κ1) is 16.8. The molecule has 2 rings (SSSR count). The summed E-state index contributed by atoms with van der Waals surface area (Å²) in [5, 5.41) is 0.854. The predicted molar refractivity (Wildman–Crippen MR) is 92.2 cm³/mol. The van der Waals surface area contributed by atoms with E-state index in [1.807, 2.05) is 12.1 Å². The summed E-state index contributed by atoms with van der Waals surface area (Å²) in [6, 6.07) is 8.96. The van der Waals surface area contributed by atoms with Crippen molar-refractivity contribution in [2.24, 2.45) is 5.73 Å². The fraction of sp³-hybridized carbons (Fsp3) is 0.188. The minimum absolute atomic E-state index is 0.181. The van der Waals surface area contributed by atoms with E-state index in [1.54, 1.807) is 37.4 Å². The molecular formula is C16H19N3O3S. The van der Waals surface area contributed by atoms with Gasteiger partial charge in [-0.25, -0.2) is 8.42 Å². The van der Waals surface area contributed by atoms with Gasteiger partial charge in [0.2, 0.25) is 10.0 Å². The number of para-hydroxylation sites is 1. The molecule has 23 heavy (non-hydrogen) atoms. The maximum atomic E-state index is 12.3. The second kappa shape index (κ2) is 7.15. The monoisotopic (exact) mass is 333 g/mol. The van der Waals surface area contributed by atoms with E-state index in [-0.39, 0.29) is 11.4 Å². The van der Waals surface area contributed by atoms with Gasteiger partial charge in [-0.05, 0) is 31.2 Å². The van der Waals surface area contributed by atoms with E-state index in [9.17, 15) is 8.42 Å². The van der Waals surface area contributed by atoms with Gasteiger partial charge in [-0.3, -0.25) is 9.71 Å². The van der Waals surface area contributed by atoms with Crippen molar-refractivity contribution in [1.82, 2.24) is 4.98 Å². The molecule has 0 aliphatic rings. The first-order valence-corrected chi connectivity index (χ1v) is 8.61. The van der Waals surface area contributed by atoms with Crippen molar-refractivity contribution in [1.29, 1.82) is 0 Å². The van der Waals surface area contributed by atoms with Crippen LogP contribution in [-0.4, -0.2) is 26.3 Å². The van der Waals surface area contributed by atoms with Crippen LogP contribution in [0.3, 0.4) is 0 Å². The summed E-state index contributed by atoms with van der Waals surface area (Å²) in [7, 11) is -2.16. The lowest BCUT2D eigenvalue weighted by Gasteiger charge is -2.10. The van der Waals surface area contributed by atoms with Gasteiger partial charge in [-0.2, -0.15) is 0 Å². The zero-order valence-corrected chi connectivity index (χ0v) is 13.8. The molecule has 0 radical (unpaired) electrons. The average molecular weight is 333 g/mol. The number of rotatable bonds is 6. The standard InChI is InChI=1S/C16H19N3O3S/c1-3-14(22-2)10-13(17)11-23(20,21)19-15-8-4-6-12-7-5-9-18-16(12)15/h3-10,19H,11,17H2,1-2H3/b13-10+,14-3+. The number of aromatic nitrogens is 1. The van der Waals surface area contributed by atoms with Gasteiger partial charge in [0.1, 0.15) is 11.5 Å². The number of methoxy groups -OCH3 is 1. The van der Waals surface area contributed by atoms with Crippen LogP contribution >= 0.6 is 0 Å². The third-order valence-electron chi connectivity index (χ3n) is 3.10. The molecule has 0 bridgehead atoms. The molecule has 0 saturated carbocycles. The van der Waals surface area contributed by atoms with Crippen molar-refractivity contribution in [2.75, 3.05) is 17.6 Å². The van der Waals surface area contributed by atoms with Crippen LogP contribution in [0.2, 0.25) is 0 Å². The number of sulfonamides is 1. The summed E-state index contributed by atoms with van der Waals surface area (Å²) in [6.07, 6.45) is 4.80. The van der Waals surface area contributed by atoms with Crippen LogP contribution in [0, 0.1) is 0 Å². The molecule has 0 aliphatic carbocycles. The van der Waals surface area contributed by atoms with Crippen LogP contribution in [0.25, 0.3) is 10.9 Å². The SMILES string of the molecule is C/C=C(\C=C(\N)CS(=O)(=O)Nc1cccc2cccnc12)OC. The Labute approximate surface area is 135 Å². The highest BCUT2D eigenvalue weighted by Gasteiger charge is 2.14. The number of nitrogens with two attached hydrogens (primary N) is 1. The van der Waals surface area contributed by atoms with E-state index in [0.717, 1.165) is 5.39 Å². The first-order chi connectivity index (χ1) is 10.9. The number of anilines is 1. The number of nitrogens with zero attached hydrogens (tertiary/aromatic N) is 1. The second-order valence-electron chi connectivity index (χ2n) is 4.86. The molecule has 0 spiro atoms. The van der Waals surface area contributed by atoms with E-state index >= 15 is 0 Å². The van der Waals surface area contributed by atoms with Gasteiger partial charge in [0.15, 0.2) is 0 Å². The van der Waals surface area contributed by atoms with Crippen molar-refractivity contribution in [3.05, 3.63) is 60.1 Å². The number of pyridine rings is 1. The molecule has 7 heteroatoms. The molecule has 6 nitrogen and oxygen atoms in total. The van der Waals surface area contributed by atoms with Crippen LogP contribution in [0.15, 0.2) is 60.1 Å². The summed E-state index contributed by atoms with van der Waals surface area (Å²) in [5.41, 5.74) is 6.98. The van der Waals surface area contributed by atoms with E-state index in [4.69, 9.17) is 10.5 Å². The zero-order valence-electron chi connectivity index (χ0n) is 13.0. The molecule has 0 amide bonds. The van der Waals surface area contributed by atoms with E-state index in [2.05, 4.69) is 9.71 Å². The lowest BCUT2D eigenvalue weighted by atomic mass is 10.2. The van der Waals surface area contributed by atoms with Gasteiger partial charge >= 0.3 is 0 Å². The number of benzene rings is 1. The van der Waals surface area contributed by atoms with Crippen LogP contribution < -0.4 is 10.5 Å². The normalized spacial score (nSPS) is 13.1. The molecular weight excluding hydrogens is 314 g/mol. The molecule has 0 saturated heterocycles. The number of hydrogen-bond donors (Lipinski definition) is 2. The number of ether oxygens (including phenoxy) is 1. The zero-order chi connectivity index (χ0) is 16.9. The Morgan fingerprint density at radius 2 is 2.09 bits per heavy atom. The molecule has 1 aromatic heterocycles. The van der Waals surface area contributed by atoms with Gasteiger partial charge in [-0.15, -0.1) is 0 Å². The molecule has 1 aromatic carbocycles. The summed E-state index contributed by atoms with van der Waals surface area (Å²) >= 11 is 0. The Bertz CT molecular complexity index is 853. The Morgan fingerprint density at radius 3 is 2.78 bits per heavy atom. The summed E-state index contributed by atoms with van der Waals surface area (Å²) in [4.78, 5) is 4.22. The Hall–Kier alpha value is -2.54. The fourth-order valence-corrected chi connectivity index (χ4v) is 3.19. The number of fused-ring (bicyclic) bond motifs is 1. The Morgan fingerprint density at radius 1 is 1.35 bits per heavy atom. The summed E-state index contributed by atoms with van der Waals surface area (Å²) < 4.78 is 32.2. The molecule has 0 aliphatic heterocycles. The third kappa shape index (κ3) is 4.46. The number of nitrogens with one attached hydrogen (secondary N) is 1. The van der Waals surface area contributed by atoms with Crippen LogP contribution in [0.5, 0.6) is 0 Å². The van der Waals surface area contributed by atoms with E-state index in [0.29, 0.717) is 17.0 Å². The summed E-state index contributed by atoms with van der Waals surface area (Å²) in [6.45, 7) is 1.77. The van der Waals surface area contributed by atoms with Crippen LogP contribution in [0.1, 0.15) is 6.92 Å². The van der Waals surface area contributed by atoms with Crippen LogP contribution in [-0.2, 0) is 14.8 Å². The first-order valence-electron chi connectivity index (χ1n) is 6.96. The third-order valence-corrected chi connectivity index (χ3v) is 4.35. The molecule has 0 unspecified atom stereocenters. The lowest BCUT2D eigenvalue weighted by molar-refractivity contribution is 0.305. The van der Waals surface area contributed by atoms with Crippen molar-refractivity contribution < 1.29 is 13.2 Å². The van der Waals surface area contributed by atoms with Crippen molar-refractivity contribution in [2.45, 2.75) is 6.92 Å². The lowest BCUT2D eigenvalue weighted by Crippen LogP contribution is -2.21. The van der Waals surface area contributed by atoms with Gasteiger partial charge in [0, 0.05) is 17.3 Å². The highest BCUT2D eigenvalue weighted by Crippen LogP contribution is 2.21. The van der Waals surface area contributed by atoms with Crippen LogP contribution in [0.4, 0.5) is 5.69 Å². The molecule has 0 fully saturated rings. The Balaban J connectivity index is 2.24. The minimum atomic E-state index is -3.65. The van der Waals surface area contributed by atoms with Crippen molar-refractivity contribution >= 4 is 26.6 Å². The number of hydrogen-bond acceptors (Lipinski definition) is 5. The van der Waals surface area contributed by atoms with Crippen molar-refractivity contribution in [3.63, 3.8) is 0 Å². The van der Waals surface area contributed by atoms with Crippen molar-refractivity contribution in [3.8, 4) is 0 Å². The maximum Gasteiger partial charge on any atom is 0.238 e. The molecule has 122 valence electrons. The topological polar surface area (TPSA) is 94.3 Å². The van der Waals surface area contributed by atoms with Gasteiger partial charge in [0.05, 0.1) is 18.3 Å². The van der Waals surface area contributed by atoms with Gasteiger partial charge in [-0.1, -0.05) is 18.2 Å². The second-order valence-corrected chi connectivity index (χ2v) is 6.58. The Kier molecular flexibility index (Phi) is 5.23. The molecule has 0 atom stereocenters. The maximum absolute atomic E-state index is 12.3. The fourth-order valence-electron chi connectivity index (χ4n) is 2.09.